The Labute approximate surface area is 103 Å². The summed E-state index contributed by atoms with van der Waals surface area (Å²) in [6, 6.07) is 7.29. The summed E-state index contributed by atoms with van der Waals surface area (Å²) < 4.78 is 0. The van der Waals surface area contributed by atoms with Crippen LogP contribution in [0.2, 0.25) is 0 Å². The van der Waals surface area contributed by atoms with E-state index in [-0.39, 0.29) is 6.61 Å². The quantitative estimate of drug-likeness (QED) is 0.842. The first-order valence-electron chi connectivity index (χ1n) is 6.75. The van der Waals surface area contributed by atoms with E-state index in [1.54, 1.807) is 0 Å². The molecule has 1 aromatic carbocycles. The molecule has 2 aliphatic rings. The third-order valence-electron chi connectivity index (χ3n) is 3.97. The lowest BCUT2D eigenvalue weighted by Gasteiger charge is -2.25. The van der Waals surface area contributed by atoms with Gasteiger partial charge in [-0.2, -0.15) is 0 Å². The normalized spacial score (nSPS) is 19.4. The predicted molar refractivity (Wildman–Crippen MR) is 70.2 cm³/mol. The molecular formula is C15H21NO. The monoisotopic (exact) mass is 231 g/mol. The van der Waals surface area contributed by atoms with Crippen LogP contribution in [0.25, 0.3) is 0 Å². The maximum absolute atomic E-state index is 9.21. The van der Waals surface area contributed by atoms with Gasteiger partial charge in [0, 0.05) is 18.3 Å². The van der Waals surface area contributed by atoms with Crippen LogP contribution in [0.15, 0.2) is 18.2 Å². The molecule has 2 nitrogen and oxygen atoms in total. The average Bonchev–Trinajstić information content (AvgIpc) is 3.17. The maximum Gasteiger partial charge on any atom is 0.0684 e. The van der Waals surface area contributed by atoms with E-state index in [4.69, 9.17) is 0 Å². The molecule has 0 aliphatic heterocycles. The molecule has 2 fully saturated rings. The Kier molecular flexibility index (Phi) is 2.83. The molecule has 1 aromatic rings. The third kappa shape index (κ3) is 2.47. The minimum atomic E-state index is 0.151. The van der Waals surface area contributed by atoms with E-state index in [2.05, 4.69) is 30.0 Å². The minimum Gasteiger partial charge on any atom is -0.392 e. The number of aliphatic hydroxyl groups is 1. The van der Waals surface area contributed by atoms with Crippen molar-refractivity contribution < 1.29 is 5.11 Å². The van der Waals surface area contributed by atoms with Crippen molar-refractivity contribution in [2.45, 2.75) is 45.3 Å². The van der Waals surface area contributed by atoms with Gasteiger partial charge in [0.2, 0.25) is 0 Å². The molecule has 17 heavy (non-hydrogen) atoms. The van der Waals surface area contributed by atoms with E-state index in [0.29, 0.717) is 0 Å². The summed E-state index contributed by atoms with van der Waals surface area (Å²) in [4.78, 5) is 2.59. The van der Waals surface area contributed by atoms with Crippen molar-refractivity contribution in [1.29, 1.82) is 0 Å². The lowest BCUT2D eigenvalue weighted by Crippen LogP contribution is -2.28. The van der Waals surface area contributed by atoms with Crippen molar-refractivity contribution in [1.82, 2.24) is 0 Å². The van der Waals surface area contributed by atoms with Gasteiger partial charge in [-0.05, 0) is 61.8 Å². The van der Waals surface area contributed by atoms with Crippen LogP contribution in [-0.2, 0) is 6.61 Å². The van der Waals surface area contributed by atoms with Crippen molar-refractivity contribution in [3.05, 3.63) is 29.3 Å². The lowest BCUT2D eigenvalue weighted by atomic mass is 10.1. The molecule has 0 heterocycles. The predicted octanol–water partition coefficient (Wildman–Crippen LogP) is 2.87. The molecule has 0 spiro atoms. The fourth-order valence-corrected chi connectivity index (χ4v) is 2.47. The summed E-state index contributed by atoms with van der Waals surface area (Å²) in [5.74, 6) is 0.938. The Bertz CT molecular complexity index is 407. The molecular weight excluding hydrogens is 210 g/mol. The number of rotatable bonds is 5. The maximum atomic E-state index is 9.21. The number of hydrogen-bond donors (Lipinski definition) is 1. The van der Waals surface area contributed by atoms with E-state index in [0.717, 1.165) is 17.5 Å². The van der Waals surface area contributed by atoms with E-state index in [9.17, 15) is 5.11 Å². The van der Waals surface area contributed by atoms with Crippen LogP contribution in [0.1, 0.15) is 36.8 Å². The summed E-state index contributed by atoms with van der Waals surface area (Å²) in [5, 5.41) is 9.21. The molecule has 0 atom stereocenters. The molecule has 3 rings (SSSR count). The second-order valence-electron chi connectivity index (χ2n) is 5.60. The van der Waals surface area contributed by atoms with Crippen LogP contribution in [0, 0.1) is 12.8 Å². The van der Waals surface area contributed by atoms with Gasteiger partial charge in [-0.3, -0.25) is 0 Å². The summed E-state index contributed by atoms with van der Waals surface area (Å²) in [5.41, 5.74) is 3.62. The number of hydrogen-bond acceptors (Lipinski definition) is 2. The van der Waals surface area contributed by atoms with Crippen molar-refractivity contribution in [3.8, 4) is 0 Å². The summed E-state index contributed by atoms with van der Waals surface area (Å²) in [7, 11) is 0. The van der Waals surface area contributed by atoms with Gasteiger partial charge in [0.05, 0.1) is 6.61 Å². The molecule has 0 bridgehead atoms. The van der Waals surface area contributed by atoms with E-state index < -0.39 is 0 Å². The number of aryl methyl sites for hydroxylation is 1. The Morgan fingerprint density at radius 2 is 2.00 bits per heavy atom. The first-order chi connectivity index (χ1) is 8.28. The minimum absolute atomic E-state index is 0.151. The van der Waals surface area contributed by atoms with Gasteiger partial charge in [-0.15, -0.1) is 0 Å². The highest BCUT2D eigenvalue weighted by Gasteiger charge is 2.33. The second-order valence-corrected chi connectivity index (χ2v) is 5.60. The molecule has 92 valence electrons. The number of nitrogens with zero attached hydrogens (tertiary/aromatic N) is 1. The van der Waals surface area contributed by atoms with Crippen molar-refractivity contribution in [2.75, 3.05) is 11.4 Å². The van der Waals surface area contributed by atoms with E-state index in [1.165, 1.54) is 43.5 Å². The highest BCUT2D eigenvalue weighted by atomic mass is 16.3. The van der Waals surface area contributed by atoms with Crippen LogP contribution in [0.3, 0.4) is 0 Å². The van der Waals surface area contributed by atoms with Gasteiger partial charge < -0.3 is 10.0 Å². The average molecular weight is 231 g/mol. The van der Waals surface area contributed by atoms with Crippen molar-refractivity contribution in [3.63, 3.8) is 0 Å². The molecule has 0 unspecified atom stereocenters. The molecule has 0 aromatic heterocycles. The van der Waals surface area contributed by atoms with Crippen LogP contribution in [0.4, 0.5) is 5.69 Å². The Morgan fingerprint density at radius 3 is 2.53 bits per heavy atom. The fraction of sp³-hybridized carbons (Fsp3) is 0.600. The van der Waals surface area contributed by atoms with E-state index >= 15 is 0 Å². The highest BCUT2D eigenvalue weighted by molar-refractivity contribution is 5.52. The first kappa shape index (κ1) is 11.1. The third-order valence-corrected chi connectivity index (χ3v) is 3.97. The topological polar surface area (TPSA) is 23.5 Å². The molecule has 1 N–H and O–H groups in total. The second kappa shape index (κ2) is 4.34. The molecule has 0 radical (unpaired) electrons. The standard InChI is InChI=1S/C15H21NO/c1-11-8-15(5-4-13(11)10-17)16(14-6-7-14)9-12-2-3-12/h4-5,8,12,14,17H,2-3,6-7,9-10H2,1H3. The lowest BCUT2D eigenvalue weighted by molar-refractivity contribution is 0.281. The smallest absolute Gasteiger partial charge is 0.0684 e. The van der Waals surface area contributed by atoms with Crippen LogP contribution < -0.4 is 4.90 Å². The van der Waals surface area contributed by atoms with Crippen molar-refractivity contribution in [2.24, 2.45) is 5.92 Å². The fourth-order valence-electron chi connectivity index (χ4n) is 2.47. The molecule has 2 aliphatic carbocycles. The first-order valence-corrected chi connectivity index (χ1v) is 6.75. The zero-order valence-corrected chi connectivity index (χ0v) is 10.5. The van der Waals surface area contributed by atoms with Crippen LogP contribution >= 0.6 is 0 Å². The number of benzene rings is 1. The van der Waals surface area contributed by atoms with Gasteiger partial charge in [-0.1, -0.05) is 6.07 Å². The highest BCUT2D eigenvalue weighted by Crippen LogP contribution is 2.38. The zero-order valence-electron chi connectivity index (χ0n) is 10.5. The van der Waals surface area contributed by atoms with E-state index in [1.807, 2.05) is 0 Å². The van der Waals surface area contributed by atoms with Crippen LogP contribution in [-0.4, -0.2) is 17.7 Å². The van der Waals surface area contributed by atoms with Gasteiger partial charge in [-0.25, -0.2) is 0 Å². The summed E-state index contributed by atoms with van der Waals surface area (Å²) in [6.45, 7) is 3.48. The van der Waals surface area contributed by atoms with Gasteiger partial charge in [0.1, 0.15) is 0 Å². The molecule has 2 heteroatoms. The summed E-state index contributed by atoms with van der Waals surface area (Å²) >= 11 is 0. The zero-order chi connectivity index (χ0) is 11.8. The number of anilines is 1. The van der Waals surface area contributed by atoms with Crippen molar-refractivity contribution >= 4 is 5.69 Å². The number of aliphatic hydroxyl groups excluding tert-OH is 1. The summed E-state index contributed by atoms with van der Waals surface area (Å²) in [6.07, 6.45) is 5.54. The van der Waals surface area contributed by atoms with Crippen LogP contribution in [0.5, 0.6) is 0 Å². The van der Waals surface area contributed by atoms with Gasteiger partial charge in [0.25, 0.3) is 0 Å². The molecule has 0 saturated heterocycles. The van der Waals surface area contributed by atoms with Gasteiger partial charge >= 0.3 is 0 Å². The molecule has 0 amide bonds. The largest absolute Gasteiger partial charge is 0.392 e. The Balaban J connectivity index is 1.81. The molecule has 2 saturated carbocycles. The Hall–Kier alpha value is -1.02. The SMILES string of the molecule is Cc1cc(N(CC2CC2)C2CC2)ccc1CO. The van der Waals surface area contributed by atoms with Gasteiger partial charge in [0.15, 0.2) is 0 Å². The Morgan fingerprint density at radius 1 is 1.24 bits per heavy atom.